The molecule has 1 N–H and O–H groups in total. The number of nitrogens with zero attached hydrogens (tertiary/aromatic N) is 2. The largest absolute Gasteiger partial charge is 0.316 e. The minimum atomic E-state index is 0.615. The highest BCUT2D eigenvalue weighted by atomic mass is 35.5. The lowest BCUT2D eigenvalue weighted by Gasteiger charge is -2.32. The second kappa shape index (κ2) is 5.62. The van der Waals surface area contributed by atoms with E-state index in [1.54, 1.807) is 6.20 Å². The van der Waals surface area contributed by atoms with Crippen LogP contribution in [0.2, 0.25) is 5.15 Å². The van der Waals surface area contributed by atoms with Crippen LogP contribution < -0.4 is 5.32 Å². The Morgan fingerprint density at radius 2 is 2.50 bits per heavy atom. The van der Waals surface area contributed by atoms with Gasteiger partial charge in [0.05, 0.1) is 0 Å². The summed E-state index contributed by atoms with van der Waals surface area (Å²) in [6.07, 6.45) is 4.26. The van der Waals surface area contributed by atoms with Crippen molar-refractivity contribution in [2.75, 3.05) is 20.1 Å². The van der Waals surface area contributed by atoms with Crippen molar-refractivity contribution in [1.82, 2.24) is 15.2 Å². The van der Waals surface area contributed by atoms with E-state index in [0.29, 0.717) is 11.2 Å². The van der Waals surface area contributed by atoms with E-state index in [1.165, 1.54) is 12.8 Å². The molecule has 1 aliphatic rings. The highest BCUT2D eigenvalue weighted by Gasteiger charge is 2.18. The van der Waals surface area contributed by atoms with Crippen molar-refractivity contribution in [3.63, 3.8) is 0 Å². The Balaban J connectivity index is 1.97. The number of likely N-dealkylation sites (tertiary alicyclic amines) is 1. The monoisotopic (exact) mass is 239 g/mol. The Bertz CT molecular complexity index is 343. The van der Waals surface area contributed by atoms with Gasteiger partial charge >= 0.3 is 0 Å². The lowest BCUT2D eigenvalue weighted by molar-refractivity contribution is 0.188. The smallest absolute Gasteiger partial charge is 0.133 e. The minimum Gasteiger partial charge on any atom is -0.316 e. The van der Waals surface area contributed by atoms with Gasteiger partial charge in [0.25, 0.3) is 0 Å². The molecule has 0 aliphatic carbocycles. The van der Waals surface area contributed by atoms with Gasteiger partial charge in [-0.25, -0.2) is 4.98 Å². The number of aromatic nitrogens is 1. The minimum absolute atomic E-state index is 0.615. The Labute approximate surface area is 102 Å². The summed E-state index contributed by atoms with van der Waals surface area (Å²) in [5.74, 6) is 0. The van der Waals surface area contributed by atoms with E-state index in [9.17, 15) is 0 Å². The topological polar surface area (TPSA) is 28.2 Å². The zero-order chi connectivity index (χ0) is 11.4. The lowest BCUT2D eigenvalue weighted by Crippen LogP contribution is -2.43. The molecule has 0 radical (unpaired) electrons. The Kier molecular flexibility index (Phi) is 4.16. The molecule has 1 fully saturated rings. The molecule has 1 aromatic rings. The number of likely N-dealkylation sites (N-methyl/N-ethyl adjacent to an activating group) is 1. The zero-order valence-electron chi connectivity index (χ0n) is 9.62. The van der Waals surface area contributed by atoms with Crippen molar-refractivity contribution in [2.45, 2.75) is 25.4 Å². The van der Waals surface area contributed by atoms with Crippen LogP contribution in [-0.4, -0.2) is 36.1 Å². The molecule has 1 unspecified atom stereocenters. The second-order valence-corrected chi connectivity index (χ2v) is 4.67. The maximum atomic E-state index is 6.06. The third-order valence-electron chi connectivity index (χ3n) is 3.14. The normalized spacial score (nSPS) is 22.2. The van der Waals surface area contributed by atoms with Crippen LogP contribution in [0.4, 0.5) is 0 Å². The Morgan fingerprint density at radius 3 is 3.25 bits per heavy atom. The summed E-state index contributed by atoms with van der Waals surface area (Å²) in [7, 11) is 2.03. The first kappa shape index (κ1) is 11.8. The summed E-state index contributed by atoms with van der Waals surface area (Å²) in [6.45, 7) is 3.16. The molecule has 1 saturated heterocycles. The average molecular weight is 240 g/mol. The second-order valence-electron chi connectivity index (χ2n) is 4.32. The molecule has 0 spiro atoms. The van der Waals surface area contributed by atoms with Gasteiger partial charge in [-0.15, -0.1) is 0 Å². The van der Waals surface area contributed by atoms with Gasteiger partial charge in [-0.1, -0.05) is 17.7 Å². The fraction of sp³-hybridized carbons (Fsp3) is 0.583. The summed E-state index contributed by atoms with van der Waals surface area (Å²) in [5, 5.41) is 3.98. The van der Waals surface area contributed by atoms with Crippen molar-refractivity contribution < 1.29 is 0 Å². The highest BCUT2D eigenvalue weighted by Crippen LogP contribution is 2.17. The van der Waals surface area contributed by atoms with Crippen LogP contribution in [0.25, 0.3) is 0 Å². The number of hydrogen-bond donors (Lipinski definition) is 1. The zero-order valence-corrected chi connectivity index (χ0v) is 10.4. The number of halogens is 1. The van der Waals surface area contributed by atoms with Gasteiger partial charge in [0.2, 0.25) is 0 Å². The fourth-order valence-electron chi connectivity index (χ4n) is 2.21. The van der Waals surface area contributed by atoms with E-state index in [4.69, 9.17) is 11.6 Å². The van der Waals surface area contributed by atoms with Crippen molar-refractivity contribution >= 4 is 11.6 Å². The van der Waals surface area contributed by atoms with Crippen molar-refractivity contribution in [3.05, 3.63) is 29.0 Å². The molecule has 0 aromatic carbocycles. The fourth-order valence-corrected chi connectivity index (χ4v) is 2.39. The Morgan fingerprint density at radius 1 is 1.62 bits per heavy atom. The van der Waals surface area contributed by atoms with Crippen molar-refractivity contribution in [2.24, 2.45) is 0 Å². The van der Waals surface area contributed by atoms with Gasteiger partial charge in [0.15, 0.2) is 0 Å². The predicted octanol–water partition coefficient (Wildman–Crippen LogP) is 1.92. The molecule has 0 bridgehead atoms. The molecule has 4 heteroatoms. The number of hydrogen-bond acceptors (Lipinski definition) is 3. The summed E-state index contributed by atoms with van der Waals surface area (Å²) < 4.78 is 0. The number of rotatable bonds is 3. The summed E-state index contributed by atoms with van der Waals surface area (Å²) in [6, 6.07) is 4.61. The van der Waals surface area contributed by atoms with Crippen LogP contribution in [0.1, 0.15) is 18.4 Å². The van der Waals surface area contributed by atoms with Crippen molar-refractivity contribution in [3.8, 4) is 0 Å². The molecule has 1 aromatic heterocycles. The molecule has 3 nitrogen and oxygen atoms in total. The molecule has 1 aliphatic heterocycles. The Hall–Kier alpha value is -0.640. The highest BCUT2D eigenvalue weighted by molar-refractivity contribution is 6.30. The van der Waals surface area contributed by atoms with E-state index < -0.39 is 0 Å². The average Bonchev–Trinajstić information content (AvgIpc) is 2.32. The van der Waals surface area contributed by atoms with Crippen LogP contribution in [-0.2, 0) is 6.54 Å². The molecule has 1 atom stereocenters. The standard InChI is InChI=1S/C12H18ClN3/c1-14-11-5-3-7-16(9-11)8-10-4-2-6-15-12(10)13/h2,4,6,11,14H,3,5,7-9H2,1H3. The first-order chi connectivity index (χ1) is 7.79. The third-order valence-corrected chi connectivity index (χ3v) is 3.48. The molecule has 0 saturated carbocycles. The summed E-state index contributed by atoms with van der Waals surface area (Å²) in [5.41, 5.74) is 1.13. The predicted molar refractivity (Wildman–Crippen MR) is 66.6 cm³/mol. The van der Waals surface area contributed by atoms with Gasteiger partial charge in [-0.05, 0) is 32.5 Å². The van der Waals surface area contributed by atoms with Crippen LogP contribution in [0, 0.1) is 0 Å². The third kappa shape index (κ3) is 2.94. The number of nitrogens with one attached hydrogen (secondary N) is 1. The van der Waals surface area contributed by atoms with Gasteiger partial charge in [-0.3, -0.25) is 4.90 Å². The quantitative estimate of drug-likeness (QED) is 0.817. The first-order valence-electron chi connectivity index (χ1n) is 5.78. The van der Waals surface area contributed by atoms with Gasteiger partial charge in [0.1, 0.15) is 5.15 Å². The molecule has 2 rings (SSSR count). The lowest BCUT2D eigenvalue weighted by atomic mass is 10.1. The SMILES string of the molecule is CNC1CCCN(Cc2cccnc2Cl)C1. The van der Waals surface area contributed by atoms with Crippen LogP contribution in [0.5, 0.6) is 0 Å². The van der Waals surface area contributed by atoms with Crippen molar-refractivity contribution in [1.29, 1.82) is 0 Å². The molecular formula is C12H18ClN3. The van der Waals surface area contributed by atoms with Gasteiger partial charge in [-0.2, -0.15) is 0 Å². The van der Waals surface area contributed by atoms with E-state index in [2.05, 4.69) is 21.3 Å². The molecule has 2 heterocycles. The molecule has 0 amide bonds. The van der Waals surface area contributed by atoms with Crippen LogP contribution >= 0.6 is 11.6 Å². The summed E-state index contributed by atoms with van der Waals surface area (Å²) >= 11 is 6.06. The molecule has 88 valence electrons. The van der Waals surface area contributed by atoms with Crippen LogP contribution in [0.3, 0.4) is 0 Å². The van der Waals surface area contributed by atoms with Gasteiger partial charge in [0, 0.05) is 30.9 Å². The number of pyridine rings is 1. The first-order valence-corrected chi connectivity index (χ1v) is 6.16. The summed E-state index contributed by atoms with van der Waals surface area (Å²) in [4.78, 5) is 6.54. The van der Waals surface area contributed by atoms with E-state index in [-0.39, 0.29) is 0 Å². The van der Waals surface area contributed by atoms with E-state index in [0.717, 1.165) is 25.2 Å². The van der Waals surface area contributed by atoms with Gasteiger partial charge < -0.3 is 5.32 Å². The maximum absolute atomic E-state index is 6.06. The number of piperidine rings is 1. The van der Waals surface area contributed by atoms with E-state index >= 15 is 0 Å². The molecular weight excluding hydrogens is 222 g/mol. The van der Waals surface area contributed by atoms with E-state index in [1.807, 2.05) is 13.1 Å². The maximum Gasteiger partial charge on any atom is 0.133 e. The molecule has 16 heavy (non-hydrogen) atoms. The van der Waals surface area contributed by atoms with Crippen LogP contribution in [0.15, 0.2) is 18.3 Å².